The maximum atomic E-state index is 11.9. The van der Waals surface area contributed by atoms with Gasteiger partial charge in [-0.3, -0.25) is 14.4 Å². The third kappa shape index (κ3) is 5.77. The second kappa shape index (κ2) is 9.41. The summed E-state index contributed by atoms with van der Waals surface area (Å²) in [4.78, 5) is 37.0. The number of amides is 3. The molecule has 0 fully saturated rings. The molecule has 2 aromatic rings. The van der Waals surface area contributed by atoms with Gasteiger partial charge in [0, 0.05) is 39.2 Å². The Bertz CT molecular complexity index is 754. The van der Waals surface area contributed by atoms with Crippen molar-refractivity contribution in [3.05, 3.63) is 59.5 Å². The third-order valence-electron chi connectivity index (χ3n) is 3.68. The molecule has 0 spiro atoms. The first-order valence-electron chi connectivity index (χ1n) is 8.36. The monoisotopic (exact) mass is 357 g/mol. The van der Waals surface area contributed by atoms with Gasteiger partial charge in [0.2, 0.25) is 5.91 Å². The number of carbonyl (C=O) groups excluding carboxylic acids is 3. The van der Waals surface area contributed by atoms with E-state index in [2.05, 4.69) is 10.6 Å². The minimum absolute atomic E-state index is 0.0783. The van der Waals surface area contributed by atoms with E-state index in [0.29, 0.717) is 31.5 Å². The summed E-state index contributed by atoms with van der Waals surface area (Å²) in [7, 11) is 3.39. The van der Waals surface area contributed by atoms with Gasteiger partial charge in [0.1, 0.15) is 0 Å². The van der Waals surface area contributed by atoms with E-state index in [4.69, 9.17) is 4.42 Å². The third-order valence-corrected chi connectivity index (χ3v) is 3.68. The summed E-state index contributed by atoms with van der Waals surface area (Å²) < 4.78 is 4.98. The lowest BCUT2D eigenvalue weighted by molar-refractivity contribution is -0.121. The van der Waals surface area contributed by atoms with Crippen molar-refractivity contribution in [3.63, 3.8) is 0 Å². The molecule has 7 heteroatoms. The van der Waals surface area contributed by atoms with E-state index >= 15 is 0 Å². The topological polar surface area (TPSA) is 91.7 Å². The molecule has 3 amide bonds. The van der Waals surface area contributed by atoms with Gasteiger partial charge >= 0.3 is 0 Å². The van der Waals surface area contributed by atoms with E-state index < -0.39 is 0 Å². The van der Waals surface area contributed by atoms with Crippen LogP contribution in [0.1, 0.15) is 39.3 Å². The van der Waals surface area contributed by atoms with E-state index in [9.17, 15) is 14.4 Å². The summed E-state index contributed by atoms with van der Waals surface area (Å²) in [5.41, 5.74) is 1.44. The zero-order valence-electron chi connectivity index (χ0n) is 15.0. The van der Waals surface area contributed by atoms with Crippen LogP contribution in [0.4, 0.5) is 0 Å². The first-order chi connectivity index (χ1) is 12.5. The van der Waals surface area contributed by atoms with Gasteiger partial charge in [-0.15, -0.1) is 0 Å². The molecule has 26 heavy (non-hydrogen) atoms. The highest BCUT2D eigenvalue weighted by molar-refractivity contribution is 5.94. The lowest BCUT2D eigenvalue weighted by Crippen LogP contribution is -2.27. The summed E-state index contributed by atoms with van der Waals surface area (Å²) >= 11 is 0. The van der Waals surface area contributed by atoms with E-state index in [0.717, 1.165) is 5.56 Å². The number of nitrogens with zero attached hydrogens (tertiary/aromatic N) is 1. The van der Waals surface area contributed by atoms with Crippen molar-refractivity contribution in [2.24, 2.45) is 0 Å². The van der Waals surface area contributed by atoms with Gasteiger partial charge in [-0.25, -0.2) is 0 Å². The first kappa shape index (κ1) is 19.2. The highest BCUT2D eigenvalue weighted by Gasteiger charge is 2.10. The molecule has 0 aliphatic rings. The highest BCUT2D eigenvalue weighted by atomic mass is 16.3. The van der Waals surface area contributed by atoms with Crippen LogP contribution in [-0.2, 0) is 11.3 Å². The largest absolute Gasteiger partial charge is 0.459 e. The molecule has 138 valence electrons. The molecule has 1 aromatic carbocycles. The fourth-order valence-electron chi connectivity index (χ4n) is 2.31. The smallest absolute Gasteiger partial charge is 0.286 e. The molecular formula is C19H23N3O4. The molecule has 0 aliphatic heterocycles. The standard InChI is InChI=1S/C19H23N3O4/c1-22(2)19(25)15-7-3-6-14(12-15)13-21-17(23)9-4-10-20-18(24)16-8-5-11-26-16/h3,5-8,11-12H,4,9-10,13H2,1-2H3,(H,20,24)(H,21,23). The van der Waals surface area contributed by atoms with E-state index in [-0.39, 0.29) is 23.5 Å². The van der Waals surface area contributed by atoms with Crippen LogP contribution >= 0.6 is 0 Å². The lowest BCUT2D eigenvalue weighted by Gasteiger charge is -2.11. The van der Waals surface area contributed by atoms with Crippen molar-refractivity contribution in [2.45, 2.75) is 19.4 Å². The summed E-state index contributed by atoms with van der Waals surface area (Å²) in [6.45, 7) is 0.742. The number of benzene rings is 1. The Kier molecular flexibility index (Phi) is 6.96. The van der Waals surface area contributed by atoms with Gasteiger partial charge in [-0.1, -0.05) is 12.1 Å². The fraction of sp³-hybridized carbons (Fsp3) is 0.316. The fourth-order valence-corrected chi connectivity index (χ4v) is 2.31. The van der Waals surface area contributed by atoms with Gasteiger partial charge in [0.05, 0.1) is 6.26 Å². The lowest BCUT2D eigenvalue weighted by atomic mass is 10.1. The molecule has 0 saturated heterocycles. The average Bonchev–Trinajstić information content (AvgIpc) is 3.17. The highest BCUT2D eigenvalue weighted by Crippen LogP contribution is 2.07. The van der Waals surface area contributed by atoms with Crippen LogP contribution in [0.25, 0.3) is 0 Å². The second-order valence-electron chi connectivity index (χ2n) is 6.01. The number of furan rings is 1. The zero-order chi connectivity index (χ0) is 18.9. The molecule has 1 aromatic heterocycles. The van der Waals surface area contributed by atoms with Gasteiger partial charge in [0.15, 0.2) is 5.76 Å². The Morgan fingerprint density at radius 3 is 2.58 bits per heavy atom. The Morgan fingerprint density at radius 2 is 1.88 bits per heavy atom. The first-order valence-corrected chi connectivity index (χ1v) is 8.36. The Hall–Kier alpha value is -3.09. The Morgan fingerprint density at radius 1 is 1.08 bits per heavy atom. The molecule has 0 unspecified atom stereocenters. The van der Waals surface area contributed by atoms with E-state index in [1.54, 1.807) is 44.4 Å². The molecule has 2 rings (SSSR count). The van der Waals surface area contributed by atoms with Crippen LogP contribution in [0.15, 0.2) is 47.1 Å². The van der Waals surface area contributed by atoms with E-state index in [1.807, 2.05) is 6.07 Å². The van der Waals surface area contributed by atoms with Gasteiger partial charge in [-0.05, 0) is 36.2 Å². The number of hydrogen-bond donors (Lipinski definition) is 2. The minimum atomic E-state index is -0.294. The van der Waals surface area contributed by atoms with Gasteiger partial charge < -0.3 is 20.0 Å². The zero-order valence-corrected chi connectivity index (χ0v) is 15.0. The molecule has 1 heterocycles. The number of hydrogen-bond acceptors (Lipinski definition) is 4. The SMILES string of the molecule is CN(C)C(=O)c1cccc(CNC(=O)CCCNC(=O)c2ccco2)c1. The maximum absolute atomic E-state index is 11.9. The Labute approximate surface area is 152 Å². The summed E-state index contributed by atoms with van der Waals surface area (Å²) in [6, 6.07) is 10.4. The van der Waals surface area contributed by atoms with Crippen LogP contribution < -0.4 is 10.6 Å². The van der Waals surface area contributed by atoms with Crippen molar-refractivity contribution >= 4 is 17.7 Å². The molecular weight excluding hydrogens is 334 g/mol. The number of carbonyl (C=O) groups is 3. The minimum Gasteiger partial charge on any atom is -0.459 e. The predicted molar refractivity (Wildman–Crippen MR) is 96.6 cm³/mol. The van der Waals surface area contributed by atoms with Crippen LogP contribution in [0, 0.1) is 0 Å². The average molecular weight is 357 g/mol. The van der Waals surface area contributed by atoms with Crippen molar-refractivity contribution in [1.82, 2.24) is 15.5 Å². The molecule has 2 N–H and O–H groups in total. The molecule has 0 radical (unpaired) electrons. The summed E-state index contributed by atoms with van der Waals surface area (Å²) in [5, 5.41) is 5.50. The van der Waals surface area contributed by atoms with Crippen LogP contribution in [0.2, 0.25) is 0 Å². The second-order valence-corrected chi connectivity index (χ2v) is 6.01. The summed E-state index contributed by atoms with van der Waals surface area (Å²) in [6.07, 6.45) is 2.26. The van der Waals surface area contributed by atoms with Crippen molar-refractivity contribution in [1.29, 1.82) is 0 Å². The van der Waals surface area contributed by atoms with Crippen molar-refractivity contribution in [2.75, 3.05) is 20.6 Å². The molecule has 0 saturated carbocycles. The van der Waals surface area contributed by atoms with Crippen LogP contribution in [-0.4, -0.2) is 43.3 Å². The maximum Gasteiger partial charge on any atom is 0.286 e. The van der Waals surface area contributed by atoms with Crippen LogP contribution in [0.5, 0.6) is 0 Å². The van der Waals surface area contributed by atoms with Gasteiger partial charge in [0.25, 0.3) is 11.8 Å². The molecule has 0 bridgehead atoms. The molecule has 0 atom stereocenters. The summed E-state index contributed by atoms with van der Waals surface area (Å²) in [5.74, 6) is -0.230. The normalized spacial score (nSPS) is 10.2. The Balaban J connectivity index is 1.69. The van der Waals surface area contributed by atoms with Crippen molar-refractivity contribution in [3.8, 4) is 0 Å². The van der Waals surface area contributed by atoms with Crippen molar-refractivity contribution < 1.29 is 18.8 Å². The quantitative estimate of drug-likeness (QED) is 0.705. The van der Waals surface area contributed by atoms with Gasteiger partial charge in [-0.2, -0.15) is 0 Å². The predicted octanol–water partition coefficient (Wildman–Crippen LogP) is 1.81. The van der Waals surface area contributed by atoms with Crippen LogP contribution in [0.3, 0.4) is 0 Å². The number of rotatable bonds is 8. The van der Waals surface area contributed by atoms with E-state index in [1.165, 1.54) is 11.2 Å². The molecule has 0 aliphatic carbocycles. The number of nitrogens with one attached hydrogen (secondary N) is 2. The molecule has 7 nitrogen and oxygen atoms in total.